The third-order valence-corrected chi connectivity index (χ3v) is 12.1. The van der Waals surface area contributed by atoms with Crippen molar-refractivity contribution in [3.05, 3.63) is 40.8 Å². The van der Waals surface area contributed by atoms with Gasteiger partial charge in [-0.05, 0) is 39.3 Å². The number of carbonyl (C=O) groups is 1. The Morgan fingerprint density at radius 2 is 1.91 bits per heavy atom. The lowest BCUT2D eigenvalue weighted by molar-refractivity contribution is -0.137. The van der Waals surface area contributed by atoms with Gasteiger partial charge in [0.25, 0.3) is 0 Å². The highest BCUT2D eigenvalue weighted by Gasteiger charge is 2.49. The Labute approximate surface area is 307 Å². The zero-order chi connectivity index (χ0) is 38.1. The smallest absolute Gasteiger partial charge is 0.418 e. The first kappa shape index (κ1) is 39.0. The number of nitrogens with zero attached hydrogens (tertiary/aromatic N) is 7. The van der Waals surface area contributed by atoms with Gasteiger partial charge < -0.3 is 23.6 Å². The Kier molecular flexibility index (Phi) is 11.5. The minimum Gasteiger partial charge on any atom is -0.461 e. The van der Waals surface area contributed by atoms with Gasteiger partial charge in [0.05, 0.1) is 53.3 Å². The van der Waals surface area contributed by atoms with E-state index in [0.717, 1.165) is 24.8 Å². The number of alkyl halides is 4. The van der Waals surface area contributed by atoms with Gasteiger partial charge in [-0.1, -0.05) is 23.7 Å². The van der Waals surface area contributed by atoms with Crippen molar-refractivity contribution in [3.63, 3.8) is 0 Å². The maximum Gasteiger partial charge on any atom is 0.418 e. The van der Waals surface area contributed by atoms with E-state index in [1.54, 1.807) is 18.7 Å². The van der Waals surface area contributed by atoms with Gasteiger partial charge in [-0.25, -0.2) is 8.78 Å². The summed E-state index contributed by atoms with van der Waals surface area (Å²) in [5.74, 6) is -1.63. The molecule has 6 rings (SSSR count). The molecule has 286 valence electrons. The van der Waals surface area contributed by atoms with Gasteiger partial charge in [-0.15, -0.1) is 0 Å². The van der Waals surface area contributed by atoms with Crippen molar-refractivity contribution < 1.29 is 45.1 Å². The summed E-state index contributed by atoms with van der Waals surface area (Å²) in [7, 11) is -3.76. The number of halogens is 6. The third-order valence-electron chi connectivity index (χ3n) is 9.84. The number of hydrogen-bond acceptors (Lipinski definition) is 11. The van der Waals surface area contributed by atoms with Crippen molar-refractivity contribution in [3.8, 4) is 23.3 Å². The van der Waals surface area contributed by atoms with Crippen molar-refractivity contribution in [1.29, 1.82) is 5.26 Å². The lowest BCUT2D eigenvalue weighted by Crippen LogP contribution is -2.56. The molecule has 3 fully saturated rings. The summed E-state index contributed by atoms with van der Waals surface area (Å²) in [4.78, 5) is 31.6. The van der Waals surface area contributed by atoms with E-state index in [0.29, 0.717) is 13.0 Å². The van der Waals surface area contributed by atoms with Crippen LogP contribution >= 0.6 is 19.2 Å². The number of amides is 1. The van der Waals surface area contributed by atoms with Gasteiger partial charge in [0.15, 0.2) is 5.82 Å². The van der Waals surface area contributed by atoms with Crippen LogP contribution in [0.4, 0.5) is 27.8 Å². The highest BCUT2D eigenvalue weighted by Crippen LogP contribution is 2.48. The van der Waals surface area contributed by atoms with E-state index in [1.807, 2.05) is 4.90 Å². The molecule has 1 amide bonds. The van der Waals surface area contributed by atoms with E-state index < -0.39 is 71.3 Å². The molecule has 0 spiro atoms. The van der Waals surface area contributed by atoms with Crippen LogP contribution in [0.2, 0.25) is 5.02 Å². The number of nitriles is 1. The molecule has 3 aliphatic rings. The van der Waals surface area contributed by atoms with Crippen LogP contribution in [0, 0.1) is 17.1 Å². The number of ether oxygens (including phenoxy) is 1. The number of benzene rings is 1. The SMILES string of the molecule is CCOP(=O)(CC(=O)N1CCN(c2nc(OC[C@@]34CCCN3C[C@H](F)C4)nc3c(F)c(-c4cccc(Cl)c4C(F)(F)F)ncc23)C[C@@H]1CC#N)OCC. The lowest BCUT2D eigenvalue weighted by Gasteiger charge is -2.41. The minimum atomic E-state index is -4.93. The summed E-state index contributed by atoms with van der Waals surface area (Å²) < 4.78 is 103. The van der Waals surface area contributed by atoms with Crippen molar-refractivity contribution in [1.82, 2.24) is 24.8 Å². The monoisotopic (exact) mass is 785 g/mol. The second kappa shape index (κ2) is 15.6. The predicted octanol–water partition coefficient (Wildman–Crippen LogP) is 6.66. The van der Waals surface area contributed by atoms with E-state index >= 15 is 4.39 Å². The van der Waals surface area contributed by atoms with Crippen molar-refractivity contribution in [2.45, 2.75) is 63.5 Å². The molecule has 3 saturated heterocycles. The normalized spacial score (nSPS) is 22.3. The van der Waals surface area contributed by atoms with E-state index in [4.69, 9.17) is 25.4 Å². The number of anilines is 1. The van der Waals surface area contributed by atoms with Crippen LogP contribution in [0.5, 0.6) is 6.01 Å². The van der Waals surface area contributed by atoms with Crippen molar-refractivity contribution in [2.75, 3.05) is 63.6 Å². The molecule has 53 heavy (non-hydrogen) atoms. The summed E-state index contributed by atoms with van der Waals surface area (Å²) in [6.07, 6.45) is -3.76. The highest BCUT2D eigenvalue weighted by atomic mass is 35.5. The fourth-order valence-corrected chi connectivity index (χ4v) is 9.45. The minimum absolute atomic E-state index is 0.00948. The second-order valence-electron chi connectivity index (χ2n) is 13.2. The molecule has 0 N–H and O–H groups in total. The standard InChI is InChI=1S/C34H38ClF5N7O5P/c1-3-51-53(49,52-4-2)19-26(48)47-14-13-45(18-22(47)9-11-41)31-24-16-42-29(23-7-5-8-25(35)27(23)34(38,39)40)28(37)30(24)43-32(44-31)50-20-33-10-6-12-46(33)17-21(36)15-33/h5,7-8,16,21-22H,3-4,6,9-10,12-15,17-20H2,1-2H3/t21-,22+,33+/m1/s1. The van der Waals surface area contributed by atoms with Crippen LogP contribution in [0.15, 0.2) is 24.4 Å². The lowest BCUT2D eigenvalue weighted by atomic mass is 9.95. The number of carbonyl (C=O) groups excluding carboxylic acids is 1. The molecule has 0 radical (unpaired) electrons. The Bertz CT molecular complexity index is 1940. The number of aromatic nitrogens is 3. The number of piperazine rings is 1. The molecule has 0 saturated carbocycles. The highest BCUT2D eigenvalue weighted by molar-refractivity contribution is 7.54. The molecule has 3 aliphatic heterocycles. The van der Waals surface area contributed by atoms with Gasteiger partial charge in [0, 0.05) is 44.4 Å². The topological polar surface area (TPSA) is 134 Å². The second-order valence-corrected chi connectivity index (χ2v) is 15.7. The van der Waals surface area contributed by atoms with Crippen LogP contribution in [0.3, 0.4) is 0 Å². The molecule has 0 bridgehead atoms. The fraction of sp³-hybridized carbons (Fsp3) is 0.559. The molecule has 0 aliphatic carbocycles. The number of rotatable bonds is 12. The first-order chi connectivity index (χ1) is 25.2. The number of pyridine rings is 1. The average Bonchev–Trinajstić information content (AvgIpc) is 3.62. The zero-order valence-electron chi connectivity index (χ0n) is 29.0. The summed E-state index contributed by atoms with van der Waals surface area (Å²) >= 11 is 5.95. The molecule has 0 unspecified atom stereocenters. The Balaban J connectivity index is 1.39. The molecule has 3 aromatic rings. The average molecular weight is 786 g/mol. The summed E-state index contributed by atoms with van der Waals surface area (Å²) in [5, 5.41) is 9.09. The van der Waals surface area contributed by atoms with Gasteiger partial charge in [0.1, 0.15) is 36.0 Å². The summed E-state index contributed by atoms with van der Waals surface area (Å²) in [6.45, 7) is 4.43. The molecule has 19 heteroatoms. The van der Waals surface area contributed by atoms with Crippen molar-refractivity contribution in [2.24, 2.45) is 0 Å². The van der Waals surface area contributed by atoms with Gasteiger partial charge in [0.2, 0.25) is 5.91 Å². The molecule has 12 nitrogen and oxygen atoms in total. The van der Waals surface area contributed by atoms with E-state index in [-0.39, 0.29) is 81.6 Å². The summed E-state index contributed by atoms with van der Waals surface area (Å²) in [6, 6.07) is 4.40. The largest absolute Gasteiger partial charge is 0.461 e. The van der Waals surface area contributed by atoms with E-state index in [2.05, 4.69) is 21.0 Å². The predicted molar refractivity (Wildman–Crippen MR) is 185 cm³/mol. The first-order valence-electron chi connectivity index (χ1n) is 17.3. The van der Waals surface area contributed by atoms with Gasteiger partial charge in [-0.3, -0.25) is 19.2 Å². The zero-order valence-corrected chi connectivity index (χ0v) is 30.7. The number of fused-ring (bicyclic) bond motifs is 2. The number of hydrogen-bond donors (Lipinski definition) is 0. The first-order valence-corrected chi connectivity index (χ1v) is 19.4. The maximum atomic E-state index is 16.6. The Hall–Kier alpha value is -3.68. The third kappa shape index (κ3) is 7.93. The Morgan fingerprint density at radius 3 is 2.60 bits per heavy atom. The molecular weight excluding hydrogens is 748 g/mol. The van der Waals surface area contributed by atoms with Gasteiger partial charge >= 0.3 is 19.8 Å². The van der Waals surface area contributed by atoms with Crippen LogP contribution in [-0.4, -0.2) is 107 Å². The molecule has 3 atom stereocenters. The van der Waals surface area contributed by atoms with Crippen LogP contribution < -0.4 is 9.64 Å². The maximum absolute atomic E-state index is 16.6. The fourth-order valence-electron chi connectivity index (χ4n) is 7.61. The van der Waals surface area contributed by atoms with Crippen LogP contribution in [0.1, 0.15) is 45.1 Å². The van der Waals surface area contributed by atoms with Crippen LogP contribution in [0.25, 0.3) is 22.2 Å². The van der Waals surface area contributed by atoms with Gasteiger partial charge in [-0.2, -0.15) is 28.4 Å². The summed E-state index contributed by atoms with van der Waals surface area (Å²) in [5.41, 5.74) is -3.51. The van der Waals surface area contributed by atoms with E-state index in [1.165, 1.54) is 11.0 Å². The molecule has 5 heterocycles. The van der Waals surface area contributed by atoms with Crippen molar-refractivity contribution >= 4 is 41.8 Å². The molecule has 1 aromatic carbocycles. The van der Waals surface area contributed by atoms with Crippen LogP contribution in [-0.2, 0) is 24.6 Å². The van der Waals surface area contributed by atoms with E-state index in [9.17, 15) is 32.2 Å². The molecular formula is C34H38ClF5N7O5P. The molecule has 2 aromatic heterocycles. The Morgan fingerprint density at radius 1 is 1.15 bits per heavy atom. The quantitative estimate of drug-likeness (QED) is 0.144.